The zero-order chi connectivity index (χ0) is 9.30. The summed E-state index contributed by atoms with van der Waals surface area (Å²) in [5, 5.41) is 0. The van der Waals surface area contributed by atoms with E-state index in [1.54, 1.807) is 0 Å². The van der Waals surface area contributed by atoms with E-state index in [0.29, 0.717) is 3.70 Å². The van der Waals surface area contributed by atoms with Gasteiger partial charge in [-0.1, -0.05) is 0 Å². The van der Waals surface area contributed by atoms with E-state index in [-0.39, 0.29) is 15.9 Å². The second kappa shape index (κ2) is 3.82. The number of alkyl halides is 2. The highest BCUT2D eigenvalue weighted by molar-refractivity contribution is 14.1. The summed E-state index contributed by atoms with van der Waals surface area (Å²) in [5.41, 5.74) is 5.19. The largest absolute Gasteiger partial charge is 0.396 e. The summed E-state index contributed by atoms with van der Waals surface area (Å²) in [6.45, 7) is 0. The molecule has 66 valence electrons. The van der Waals surface area contributed by atoms with Crippen LogP contribution < -0.4 is 5.73 Å². The molecule has 0 radical (unpaired) electrons. The predicted molar refractivity (Wildman–Crippen MR) is 54.0 cm³/mol. The second-order valence-electron chi connectivity index (χ2n) is 2.04. The van der Waals surface area contributed by atoms with Crippen LogP contribution in [0.2, 0.25) is 0 Å². The van der Waals surface area contributed by atoms with E-state index in [1.807, 2.05) is 22.6 Å². The lowest BCUT2D eigenvalue weighted by Gasteiger charge is -2.05. The molecule has 0 atom stereocenters. The van der Waals surface area contributed by atoms with Gasteiger partial charge in [0, 0.05) is 5.56 Å². The first-order valence-corrected chi connectivity index (χ1v) is 4.79. The summed E-state index contributed by atoms with van der Waals surface area (Å²) >= 11 is 4.84. The summed E-state index contributed by atoms with van der Waals surface area (Å²) in [6, 6.07) is 1.27. The SMILES string of the molecule is Nc1c(C(F)F)cc(I)nc1Br. The van der Waals surface area contributed by atoms with Crippen molar-refractivity contribution >= 4 is 44.2 Å². The molecule has 0 aliphatic rings. The van der Waals surface area contributed by atoms with Crippen LogP contribution >= 0.6 is 38.5 Å². The lowest BCUT2D eigenvalue weighted by molar-refractivity contribution is 0.152. The number of hydrogen-bond acceptors (Lipinski definition) is 2. The fraction of sp³-hybridized carbons (Fsp3) is 0.167. The summed E-state index contributed by atoms with van der Waals surface area (Å²) in [6.07, 6.45) is -2.56. The zero-order valence-corrected chi connectivity index (χ0v) is 9.43. The third-order valence-corrected chi connectivity index (χ3v) is 2.41. The van der Waals surface area contributed by atoms with Gasteiger partial charge in [0.05, 0.1) is 5.69 Å². The van der Waals surface area contributed by atoms with E-state index < -0.39 is 6.43 Å². The molecule has 0 saturated carbocycles. The molecule has 1 aromatic rings. The van der Waals surface area contributed by atoms with Gasteiger partial charge in [-0.05, 0) is 44.6 Å². The minimum atomic E-state index is -2.56. The Bertz CT molecular complexity index is 306. The Morgan fingerprint density at radius 3 is 2.67 bits per heavy atom. The average Bonchev–Trinajstić information content (AvgIpc) is 1.96. The quantitative estimate of drug-likeness (QED) is 0.626. The molecule has 0 fully saturated rings. The number of rotatable bonds is 1. The van der Waals surface area contributed by atoms with Crippen molar-refractivity contribution in [3.63, 3.8) is 0 Å². The highest BCUT2D eigenvalue weighted by atomic mass is 127. The van der Waals surface area contributed by atoms with Crippen LogP contribution in [0.25, 0.3) is 0 Å². The fourth-order valence-electron chi connectivity index (χ4n) is 0.692. The third kappa shape index (κ3) is 2.03. The molecule has 1 rings (SSSR count). The number of hydrogen-bond donors (Lipinski definition) is 1. The third-order valence-electron chi connectivity index (χ3n) is 1.25. The van der Waals surface area contributed by atoms with Gasteiger partial charge in [0.2, 0.25) is 0 Å². The lowest BCUT2D eigenvalue weighted by Crippen LogP contribution is -1.99. The van der Waals surface area contributed by atoms with Crippen LogP contribution in [0.5, 0.6) is 0 Å². The number of nitrogen functional groups attached to an aromatic ring is 1. The van der Waals surface area contributed by atoms with Gasteiger partial charge in [0.25, 0.3) is 6.43 Å². The van der Waals surface area contributed by atoms with Crippen molar-refractivity contribution in [3.05, 3.63) is 19.9 Å². The topological polar surface area (TPSA) is 38.9 Å². The first kappa shape index (κ1) is 10.1. The zero-order valence-electron chi connectivity index (χ0n) is 5.69. The molecule has 6 heteroatoms. The highest BCUT2D eigenvalue weighted by Crippen LogP contribution is 2.30. The molecular formula is C6H4BrF2IN2. The van der Waals surface area contributed by atoms with Crippen molar-refractivity contribution in [2.45, 2.75) is 6.43 Å². The molecule has 0 saturated heterocycles. The van der Waals surface area contributed by atoms with Crippen molar-refractivity contribution in [2.24, 2.45) is 0 Å². The Morgan fingerprint density at radius 2 is 2.17 bits per heavy atom. The number of aromatic nitrogens is 1. The monoisotopic (exact) mass is 348 g/mol. The van der Waals surface area contributed by atoms with E-state index in [0.717, 1.165) is 0 Å². The smallest absolute Gasteiger partial charge is 0.266 e. The van der Waals surface area contributed by atoms with Crippen LogP contribution in [-0.2, 0) is 0 Å². The van der Waals surface area contributed by atoms with Crippen LogP contribution in [0.1, 0.15) is 12.0 Å². The number of nitrogens with two attached hydrogens (primary N) is 1. The first-order valence-electron chi connectivity index (χ1n) is 2.92. The van der Waals surface area contributed by atoms with E-state index in [9.17, 15) is 8.78 Å². The lowest BCUT2D eigenvalue weighted by atomic mass is 10.2. The molecule has 0 spiro atoms. The molecule has 0 aliphatic carbocycles. The molecule has 0 aliphatic heterocycles. The van der Waals surface area contributed by atoms with Crippen LogP contribution in [-0.4, -0.2) is 4.98 Å². The number of nitrogens with zero attached hydrogens (tertiary/aromatic N) is 1. The number of halogens is 4. The number of anilines is 1. The maximum Gasteiger partial charge on any atom is 0.266 e. The van der Waals surface area contributed by atoms with Crippen molar-refractivity contribution < 1.29 is 8.78 Å². The molecule has 0 bridgehead atoms. The minimum absolute atomic E-state index is 0.00501. The fourth-order valence-corrected chi connectivity index (χ4v) is 2.02. The molecule has 0 aromatic carbocycles. The Kier molecular flexibility index (Phi) is 3.22. The number of pyridine rings is 1. The predicted octanol–water partition coefficient (Wildman–Crippen LogP) is 2.97. The molecule has 0 amide bonds. The van der Waals surface area contributed by atoms with Crippen LogP contribution in [0.4, 0.5) is 14.5 Å². The van der Waals surface area contributed by atoms with Gasteiger partial charge in [-0.2, -0.15) is 0 Å². The van der Waals surface area contributed by atoms with E-state index in [2.05, 4.69) is 20.9 Å². The van der Waals surface area contributed by atoms with Gasteiger partial charge in [-0.25, -0.2) is 13.8 Å². The molecule has 0 unspecified atom stereocenters. The molecular weight excluding hydrogens is 345 g/mol. The molecule has 2 N–H and O–H groups in total. The maximum atomic E-state index is 12.3. The van der Waals surface area contributed by atoms with E-state index in [1.165, 1.54) is 6.07 Å². The Labute approximate surface area is 89.8 Å². The Balaban J connectivity index is 3.28. The summed E-state index contributed by atoms with van der Waals surface area (Å²) in [7, 11) is 0. The van der Waals surface area contributed by atoms with Crippen LogP contribution in [0.3, 0.4) is 0 Å². The van der Waals surface area contributed by atoms with Crippen molar-refractivity contribution in [3.8, 4) is 0 Å². The normalized spacial score (nSPS) is 10.8. The van der Waals surface area contributed by atoms with Crippen molar-refractivity contribution in [1.29, 1.82) is 0 Å². The summed E-state index contributed by atoms with van der Waals surface area (Å²) < 4.78 is 25.3. The Hall–Kier alpha value is 0.0200. The van der Waals surface area contributed by atoms with E-state index >= 15 is 0 Å². The molecule has 2 nitrogen and oxygen atoms in total. The van der Waals surface area contributed by atoms with E-state index in [4.69, 9.17) is 5.73 Å². The second-order valence-corrected chi connectivity index (χ2v) is 3.90. The molecule has 12 heavy (non-hydrogen) atoms. The highest BCUT2D eigenvalue weighted by Gasteiger charge is 2.14. The van der Waals surface area contributed by atoms with Gasteiger partial charge in [-0.3, -0.25) is 0 Å². The summed E-state index contributed by atoms with van der Waals surface area (Å²) in [5.74, 6) is 0. The van der Waals surface area contributed by atoms with Gasteiger partial charge in [0.1, 0.15) is 8.30 Å². The van der Waals surface area contributed by atoms with Gasteiger partial charge in [0.15, 0.2) is 0 Å². The van der Waals surface area contributed by atoms with Crippen molar-refractivity contribution in [1.82, 2.24) is 4.98 Å². The van der Waals surface area contributed by atoms with Gasteiger partial charge >= 0.3 is 0 Å². The summed E-state index contributed by atoms with van der Waals surface area (Å²) in [4.78, 5) is 3.86. The molecule has 1 aromatic heterocycles. The Morgan fingerprint density at radius 1 is 1.58 bits per heavy atom. The average molecular weight is 349 g/mol. The first-order chi connectivity index (χ1) is 5.52. The van der Waals surface area contributed by atoms with Gasteiger partial charge in [-0.15, -0.1) is 0 Å². The maximum absolute atomic E-state index is 12.3. The van der Waals surface area contributed by atoms with Crippen LogP contribution in [0.15, 0.2) is 10.7 Å². The standard InChI is InChI=1S/C6H4BrF2IN2/c7-5-4(11)2(6(8)9)1-3(10)12-5/h1,6H,11H2. The van der Waals surface area contributed by atoms with Gasteiger partial charge < -0.3 is 5.73 Å². The molecule has 1 heterocycles. The minimum Gasteiger partial charge on any atom is -0.396 e. The van der Waals surface area contributed by atoms with Crippen molar-refractivity contribution in [2.75, 3.05) is 5.73 Å². The van der Waals surface area contributed by atoms with Crippen LogP contribution in [0, 0.1) is 3.70 Å².